The second kappa shape index (κ2) is 14.9. The standard InChI is InChI=1S/C71H56/c1-3-22-59-57(20-1)67(47-29-32-56-53-19-7-10-26-63(53)71(66(56)44-47)37-15-16-38-71)58-21-2-4-23-60(58)68(59)50-40-48(45-27-30-54-51-17-5-8-24-61(51)69(64(54)42-45)33-11-12-34-69)39-49(41-50)46-28-31-55-52-18-6-9-25-62(52)70(65(55)43-46)35-13-14-36-70/h1-10,17-32,39-44H,11-16,33-38H2. The topological polar surface area (TPSA) is 0 Å². The van der Waals surface area contributed by atoms with Crippen molar-refractivity contribution >= 4 is 21.5 Å². The van der Waals surface area contributed by atoms with Crippen LogP contribution >= 0.6 is 0 Å². The van der Waals surface area contributed by atoms with Crippen molar-refractivity contribution in [1.82, 2.24) is 0 Å². The summed E-state index contributed by atoms with van der Waals surface area (Å²) in [6, 6.07) is 76.7. The van der Waals surface area contributed by atoms with Crippen LogP contribution in [0.4, 0.5) is 0 Å². The van der Waals surface area contributed by atoms with Crippen molar-refractivity contribution in [2.45, 2.75) is 93.3 Å². The van der Waals surface area contributed by atoms with E-state index >= 15 is 0 Å². The summed E-state index contributed by atoms with van der Waals surface area (Å²) in [5.74, 6) is 0. The van der Waals surface area contributed by atoms with Gasteiger partial charge >= 0.3 is 0 Å². The van der Waals surface area contributed by atoms with E-state index in [9.17, 15) is 0 Å². The van der Waals surface area contributed by atoms with Crippen LogP contribution in [0.3, 0.4) is 0 Å². The van der Waals surface area contributed by atoms with E-state index in [-0.39, 0.29) is 16.2 Å². The molecule has 0 nitrogen and oxygen atoms in total. The summed E-state index contributed by atoms with van der Waals surface area (Å²) in [5, 5.41) is 5.27. The number of rotatable bonds is 4. The Hall–Kier alpha value is -7.28. The lowest BCUT2D eigenvalue weighted by Gasteiger charge is -2.27. The molecule has 3 fully saturated rings. The zero-order chi connectivity index (χ0) is 46.5. The van der Waals surface area contributed by atoms with Gasteiger partial charge in [0.1, 0.15) is 0 Å². The van der Waals surface area contributed by atoms with Gasteiger partial charge in [-0.1, -0.05) is 196 Å². The third kappa shape index (κ3) is 5.46. The van der Waals surface area contributed by atoms with E-state index in [0.29, 0.717) is 0 Å². The van der Waals surface area contributed by atoms with E-state index in [1.54, 1.807) is 16.7 Å². The minimum Gasteiger partial charge on any atom is -0.0619 e. The number of benzene rings is 10. The Morgan fingerprint density at radius 1 is 0.211 bits per heavy atom. The minimum atomic E-state index is 0.104. The molecule has 0 amide bonds. The number of hydrogen-bond acceptors (Lipinski definition) is 0. The predicted octanol–water partition coefficient (Wildman–Crippen LogP) is 19.2. The molecule has 16 rings (SSSR count). The summed E-state index contributed by atoms with van der Waals surface area (Å²) in [5.41, 5.74) is 28.7. The Kier molecular flexibility index (Phi) is 8.48. The van der Waals surface area contributed by atoms with Crippen molar-refractivity contribution in [3.8, 4) is 77.9 Å². The van der Waals surface area contributed by atoms with E-state index in [2.05, 4.69) is 194 Å². The molecule has 10 aromatic carbocycles. The van der Waals surface area contributed by atoms with E-state index in [1.807, 2.05) is 0 Å². The number of hydrogen-bond donors (Lipinski definition) is 0. The van der Waals surface area contributed by atoms with Gasteiger partial charge in [0.25, 0.3) is 0 Å². The second-order valence-corrected chi connectivity index (χ2v) is 22.4. The Labute approximate surface area is 418 Å². The fourth-order valence-corrected chi connectivity index (χ4v) is 16.3. The molecule has 0 radical (unpaired) electrons. The van der Waals surface area contributed by atoms with Gasteiger partial charge in [-0.2, -0.15) is 0 Å². The lowest BCUT2D eigenvalue weighted by atomic mass is 9.75. The molecule has 6 aliphatic rings. The molecule has 3 saturated carbocycles. The van der Waals surface area contributed by atoms with Crippen molar-refractivity contribution in [3.05, 3.63) is 228 Å². The maximum atomic E-state index is 2.61. The van der Waals surface area contributed by atoms with Crippen LogP contribution in [0.15, 0.2) is 194 Å². The van der Waals surface area contributed by atoms with E-state index in [1.165, 1.54) is 193 Å². The molecule has 0 aliphatic heterocycles. The summed E-state index contributed by atoms with van der Waals surface area (Å²) in [6.07, 6.45) is 15.1. The summed E-state index contributed by atoms with van der Waals surface area (Å²) in [7, 11) is 0. The Balaban J connectivity index is 0.929. The maximum Gasteiger partial charge on any atom is 0.0215 e. The summed E-state index contributed by atoms with van der Waals surface area (Å²) in [6.45, 7) is 0. The van der Waals surface area contributed by atoms with Gasteiger partial charge in [0, 0.05) is 16.2 Å². The SMILES string of the molecule is c1ccc2c(c1)-c1ccc(-c3cc(-c4ccc5c(c4)C4(CCCC4)c4ccccc4-5)cc(-c4c5ccccc5c(-c5ccc6c(c5)C5(CCCC5)c5ccccc5-6)c5ccccc45)c3)cc1C21CCCC1. The Morgan fingerprint density at radius 3 is 0.873 bits per heavy atom. The predicted molar refractivity (Wildman–Crippen MR) is 297 cm³/mol. The average Bonchev–Trinajstić information content (AvgIpc) is 4.32. The lowest BCUT2D eigenvalue weighted by Crippen LogP contribution is -2.20. The maximum absolute atomic E-state index is 2.61. The summed E-state index contributed by atoms with van der Waals surface area (Å²) < 4.78 is 0. The molecule has 0 aromatic heterocycles. The molecule has 0 bridgehead atoms. The largest absolute Gasteiger partial charge is 0.0619 e. The second-order valence-electron chi connectivity index (χ2n) is 22.4. The molecule has 0 N–H and O–H groups in total. The van der Waals surface area contributed by atoms with Gasteiger partial charge in [-0.25, -0.2) is 0 Å². The van der Waals surface area contributed by atoms with Crippen LogP contribution in [0.2, 0.25) is 0 Å². The van der Waals surface area contributed by atoms with E-state index in [4.69, 9.17) is 0 Å². The van der Waals surface area contributed by atoms with Crippen molar-refractivity contribution in [2.75, 3.05) is 0 Å². The first-order valence-electron chi connectivity index (χ1n) is 27.0. The quantitative estimate of drug-likeness (QED) is 0.154. The minimum absolute atomic E-state index is 0.104. The van der Waals surface area contributed by atoms with Gasteiger partial charge in [-0.3, -0.25) is 0 Å². The normalized spacial score (nSPS) is 17.8. The Morgan fingerprint density at radius 2 is 0.493 bits per heavy atom. The van der Waals surface area contributed by atoms with Crippen molar-refractivity contribution < 1.29 is 0 Å². The molecule has 0 heteroatoms. The van der Waals surface area contributed by atoms with Crippen LogP contribution in [0.25, 0.3) is 99.4 Å². The fraction of sp³-hybridized carbons (Fsp3) is 0.211. The first kappa shape index (κ1) is 40.4. The molecular formula is C71H56. The van der Waals surface area contributed by atoms with Gasteiger partial charge in [0.15, 0.2) is 0 Å². The third-order valence-corrected chi connectivity index (χ3v) is 19.3. The number of fused-ring (bicyclic) bond motifs is 17. The molecule has 0 unspecified atom stereocenters. The molecular weight excluding hydrogens is 853 g/mol. The molecule has 340 valence electrons. The van der Waals surface area contributed by atoms with Crippen LogP contribution in [-0.4, -0.2) is 0 Å². The zero-order valence-corrected chi connectivity index (χ0v) is 40.5. The monoisotopic (exact) mass is 908 g/mol. The molecule has 3 spiro atoms. The summed E-state index contributed by atoms with van der Waals surface area (Å²) in [4.78, 5) is 0. The first-order valence-corrected chi connectivity index (χ1v) is 27.0. The van der Waals surface area contributed by atoms with Gasteiger partial charge in [-0.15, -0.1) is 0 Å². The highest BCUT2D eigenvalue weighted by Gasteiger charge is 2.47. The van der Waals surface area contributed by atoms with Crippen LogP contribution in [-0.2, 0) is 16.2 Å². The van der Waals surface area contributed by atoms with Crippen molar-refractivity contribution in [2.24, 2.45) is 0 Å². The van der Waals surface area contributed by atoms with Gasteiger partial charge in [-0.05, 0) is 208 Å². The highest BCUT2D eigenvalue weighted by atomic mass is 14.5. The van der Waals surface area contributed by atoms with Crippen LogP contribution in [0, 0.1) is 0 Å². The average molecular weight is 909 g/mol. The van der Waals surface area contributed by atoms with Crippen LogP contribution in [0.1, 0.15) is 110 Å². The van der Waals surface area contributed by atoms with Gasteiger partial charge in [0.05, 0.1) is 0 Å². The van der Waals surface area contributed by atoms with Gasteiger partial charge < -0.3 is 0 Å². The van der Waals surface area contributed by atoms with Crippen LogP contribution < -0.4 is 0 Å². The molecule has 6 aliphatic carbocycles. The molecule has 71 heavy (non-hydrogen) atoms. The highest BCUT2D eigenvalue weighted by molar-refractivity contribution is 6.22. The van der Waals surface area contributed by atoms with Crippen molar-refractivity contribution in [3.63, 3.8) is 0 Å². The van der Waals surface area contributed by atoms with Crippen LogP contribution in [0.5, 0.6) is 0 Å². The lowest BCUT2D eigenvalue weighted by molar-refractivity contribution is 0.550. The third-order valence-electron chi connectivity index (χ3n) is 19.3. The smallest absolute Gasteiger partial charge is 0.0215 e. The molecule has 10 aromatic rings. The molecule has 0 heterocycles. The molecule has 0 atom stereocenters. The summed E-state index contributed by atoms with van der Waals surface area (Å²) >= 11 is 0. The first-order chi connectivity index (χ1) is 35.1. The van der Waals surface area contributed by atoms with E-state index < -0.39 is 0 Å². The fourth-order valence-electron chi connectivity index (χ4n) is 16.3. The molecule has 0 saturated heterocycles. The van der Waals surface area contributed by atoms with Crippen molar-refractivity contribution in [1.29, 1.82) is 0 Å². The van der Waals surface area contributed by atoms with E-state index in [0.717, 1.165) is 0 Å². The zero-order valence-electron chi connectivity index (χ0n) is 40.5. The Bertz CT molecular complexity index is 3700. The highest BCUT2D eigenvalue weighted by Crippen LogP contribution is 2.61. The van der Waals surface area contributed by atoms with Gasteiger partial charge in [0.2, 0.25) is 0 Å².